The number of fused-ring (bicyclic) bond motifs is 3. The minimum absolute atomic E-state index is 0.0590. The van der Waals surface area contributed by atoms with E-state index < -0.39 is 0 Å². The summed E-state index contributed by atoms with van der Waals surface area (Å²) in [7, 11) is 0. The fraction of sp³-hybridized carbons (Fsp3) is 0.350. The summed E-state index contributed by atoms with van der Waals surface area (Å²) < 4.78 is 2.24. The number of rotatable bonds is 4. The third-order valence-corrected chi connectivity index (χ3v) is 5.50. The molecule has 0 bridgehead atoms. The molecule has 138 valence electrons. The molecule has 0 aromatic carbocycles. The predicted molar refractivity (Wildman–Crippen MR) is 103 cm³/mol. The van der Waals surface area contributed by atoms with Gasteiger partial charge in [-0.3, -0.25) is 9.88 Å². The molecule has 1 aliphatic rings. The Morgan fingerprint density at radius 1 is 1.19 bits per heavy atom. The second kappa shape index (κ2) is 6.75. The minimum Gasteiger partial charge on any atom is -0.388 e. The largest absolute Gasteiger partial charge is 0.388 e. The second-order valence-electron chi connectivity index (χ2n) is 7.16. The predicted octanol–water partition coefficient (Wildman–Crippen LogP) is 2.64. The third kappa shape index (κ3) is 2.89. The molecule has 0 aliphatic carbocycles. The van der Waals surface area contributed by atoms with Crippen molar-refractivity contribution in [1.82, 2.24) is 29.4 Å². The molecule has 7 heteroatoms. The number of nitrogens with one attached hydrogen (secondary N) is 1. The number of aliphatic hydroxyl groups excluding tert-OH is 1. The molecular formula is C20H22N6O. The number of H-pyrrole nitrogens is 1. The minimum atomic E-state index is -0.0590. The Hall–Kier alpha value is -2.77. The lowest BCUT2D eigenvalue weighted by atomic mass is 10.0. The first-order valence-corrected chi connectivity index (χ1v) is 9.38. The van der Waals surface area contributed by atoms with Crippen LogP contribution in [-0.2, 0) is 13.2 Å². The van der Waals surface area contributed by atoms with Crippen molar-refractivity contribution in [3.05, 3.63) is 54.4 Å². The molecule has 4 aromatic heterocycles. The lowest BCUT2D eigenvalue weighted by Crippen LogP contribution is -2.34. The van der Waals surface area contributed by atoms with Crippen molar-refractivity contribution in [2.24, 2.45) is 0 Å². The van der Waals surface area contributed by atoms with Crippen LogP contribution in [0.1, 0.15) is 30.3 Å². The highest BCUT2D eigenvalue weighted by molar-refractivity contribution is 6.01. The van der Waals surface area contributed by atoms with Gasteiger partial charge in [0.25, 0.3) is 0 Å². The van der Waals surface area contributed by atoms with Gasteiger partial charge in [-0.05, 0) is 30.5 Å². The summed E-state index contributed by atoms with van der Waals surface area (Å²) in [5.41, 5.74) is 4.04. The second-order valence-corrected chi connectivity index (χ2v) is 7.16. The molecule has 4 aromatic rings. The third-order valence-electron chi connectivity index (χ3n) is 5.50. The summed E-state index contributed by atoms with van der Waals surface area (Å²) in [4.78, 5) is 18.9. The van der Waals surface area contributed by atoms with Crippen molar-refractivity contribution in [2.75, 3.05) is 13.1 Å². The van der Waals surface area contributed by atoms with Crippen LogP contribution in [0, 0.1) is 0 Å². The van der Waals surface area contributed by atoms with E-state index in [9.17, 15) is 5.11 Å². The van der Waals surface area contributed by atoms with Crippen molar-refractivity contribution >= 4 is 22.1 Å². The zero-order valence-electron chi connectivity index (χ0n) is 15.0. The number of aliphatic hydroxyl groups is 1. The Bertz CT molecular complexity index is 1060. The summed E-state index contributed by atoms with van der Waals surface area (Å²) in [6.07, 6.45) is 9.52. The molecule has 0 spiro atoms. The average molecular weight is 362 g/mol. The van der Waals surface area contributed by atoms with Crippen molar-refractivity contribution in [2.45, 2.75) is 32.0 Å². The van der Waals surface area contributed by atoms with E-state index in [2.05, 4.69) is 35.5 Å². The number of aromatic nitrogens is 5. The SMILES string of the molecule is OCc1nc2cnc3[nH]ccc3c2n1C1CCN(Cc2cccnc2)CC1. The van der Waals surface area contributed by atoms with Gasteiger partial charge in [-0.25, -0.2) is 9.97 Å². The van der Waals surface area contributed by atoms with Crippen LogP contribution in [0.2, 0.25) is 0 Å². The molecule has 1 saturated heterocycles. The first-order chi connectivity index (χ1) is 13.3. The van der Waals surface area contributed by atoms with Gasteiger partial charge in [0, 0.05) is 49.7 Å². The Labute approximate surface area is 156 Å². The molecule has 1 fully saturated rings. The highest BCUT2D eigenvalue weighted by Crippen LogP contribution is 2.32. The smallest absolute Gasteiger partial charge is 0.139 e. The van der Waals surface area contributed by atoms with E-state index in [1.165, 1.54) is 5.56 Å². The molecule has 0 unspecified atom stereocenters. The van der Waals surface area contributed by atoms with Gasteiger partial charge in [-0.2, -0.15) is 0 Å². The number of nitrogens with zero attached hydrogens (tertiary/aromatic N) is 5. The van der Waals surface area contributed by atoms with Gasteiger partial charge in [-0.1, -0.05) is 6.07 Å². The maximum absolute atomic E-state index is 9.89. The van der Waals surface area contributed by atoms with E-state index >= 15 is 0 Å². The summed E-state index contributed by atoms with van der Waals surface area (Å²) in [5, 5.41) is 11.0. The Morgan fingerprint density at radius 3 is 2.85 bits per heavy atom. The van der Waals surface area contributed by atoms with Crippen LogP contribution < -0.4 is 0 Å². The van der Waals surface area contributed by atoms with Gasteiger partial charge in [-0.15, -0.1) is 0 Å². The van der Waals surface area contributed by atoms with Crippen LogP contribution in [0.4, 0.5) is 0 Å². The summed E-state index contributed by atoms with van der Waals surface area (Å²) in [5.74, 6) is 0.728. The van der Waals surface area contributed by atoms with E-state index in [4.69, 9.17) is 0 Å². The number of hydrogen-bond donors (Lipinski definition) is 2. The fourth-order valence-corrected chi connectivity index (χ4v) is 4.23. The van der Waals surface area contributed by atoms with E-state index in [-0.39, 0.29) is 6.61 Å². The van der Waals surface area contributed by atoms with Gasteiger partial charge >= 0.3 is 0 Å². The molecule has 0 amide bonds. The molecule has 7 nitrogen and oxygen atoms in total. The number of piperidine rings is 1. The van der Waals surface area contributed by atoms with Gasteiger partial charge in [0.1, 0.15) is 23.6 Å². The highest BCUT2D eigenvalue weighted by atomic mass is 16.3. The van der Waals surface area contributed by atoms with Crippen molar-refractivity contribution in [1.29, 1.82) is 0 Å². The summed E-state index contributed by atoms with van der Waals surface area (Å²) in [6, 6.07) is 6.50. The zero-order valence-corrected chi connectivity index (χ0v) is 15.0. The van der Waals surface area contributed by atoms with Crippen LogP contribution in [-0.4, -0.2) is 47.6 Å². The lowest BCUT2D eigenvalue weighted by molar-refractivity contribution is 0.174. The molecule has 2 N–H and O–H groups in total. The van der Waals surface area contributed by atoms with E-state index in [1.54, 1.807) is 6.20 Å². The van der Waals surface area contributed by atoms with Crippen LogP contribution in [0.3, 0.4) is 0 Å². The van der Waals surface area contributed by atoms with Gasteiger partial charge in [0.05, 0.1) is 11.7 Å². The molecule has 0 atom stereocenters. The average Bonchev–Trinajstić information content (AvgIpc) is 3.33. The monoisotopic (exact) mass is 362 g/mol. The molecule has 27 heavy (non-hydrogen) atoms. The number of hydrogen-bond acceptors (Lipinski definition) is 5. The van der Waals surface area contributed by atoms with Gasteiger partial charge in [0.15, 0.2) is 0 Å². The molecule has 5 rings (SSSR count). The summed E-state index contributed by atoms with van der Waals surface area (Å²) in [6.45, 7) is 2.91. The topological polar surface area (TPSA) is 82.9 Å². The number of pyridine rings is 2. The molecule has 0 saturated carbocycles. The standard InChI is InChI=1S/C20H22N6O/c27-13-18-24-17-11-23-20-16(3-7-22-20)19(17)26(18)15-4-8-25(9-5-15)12-14-2-1-6-21-10-14/h1-3,6-7,10-11,15,27H,4-5,8-9,12-13H2,(H,22,23). The van der Waals surface area contributed by atoms with Crippen LogP contribution >= 0.6 is 0 Å². The Morgan fingerprint density at radius 2 is 2.07 bits per heavy atom. The fourth-order valence-electron chi connectivity index (χ4n) is 4.23. The maximum atomic E-state index is 9.89. The normalized spacial score (nSPS) is 16.5. The summed E-state index contributed by atoms with van der Waals surface area (Å²) >= 11 is 0. The molecule has 5 heterocycles. The maximum Gasteiger partial charge on any atom is 0.139 e. The highest BCUT2D eigenvalue weighted by Gasteiger charge is 2.25. The van der Waals surface area contributed by atoms with E-state index in [0.29, 0.717) is 6.04 Å². The van der Waals surface area contributed by atoms with Crippen molar-refractivity contribution < 1.29 is 5.11 Å². The van der Waals surface area contributed by atoms with Gasteiger partial charge < -0.3 is 14.7 Å². The van der Waals surface area contributed by atoms with Crippen LogP contribution in [0.25, 0.3) is 22.1 Å². The van der Waals surface area contributed by atoms with E-state index in [1.807, 2.05) is 30.7 Å². The quantitative estimate of drug-likeness (QED) is 0.583. The first-order valence-electron chi connectivity index (χ1n) is 9.38. The molecule has 0 radical (unpaired) electrons. The van der Waals surface area contributed by atoms with Crippen molar-refractivity contribution in [3.63, 3.8) is 0 Å². The number of likely N-dealkylation sites (tertiary alicyclic amines) is 1. The lowest BCUT2D eigenvalue weighted by Gasteiger charge is -2.33. The van der Waals surface area contributed by atoms with E-state index in [0.717, 1.165) is 60.4 Å². The number of aromatic amines is 1. The molecule has 1 aliphatic heterocycles. The van der Waals surface area contributed by atoms with Gasteiger partial charge in [0.2, 0.25) is 0 Å². The van der Waals surface area contributed by atoms with Crippen LogP contribution in [0.15, 0.2) is 43.0 Å². The zero-order chi connectivity index (χ0) is 18.2. The Kier molecular flexibility index (Phi) is 4.10. The molecular weight excluding hydrogens is 340 g/mol. The Balaban J connectivity index is 1.43. The van der Waals surface area contributed by atoms with Crippen LogP contribution in [0.5, 0.6) is 0 Å². The van der Waals surface area contributed by atoms with Crippen molar-refractivity contribution in [3.8, 4) is 0 Å². The first kappa shape index (κ1) is 16.4. The number of imidazole rings is 1.